The van der Waals surface area contributed by atoms with Crippen molar-refractivity contribution in [2.75, 3.05) is 18.8 Å². The number of carboxylic acids is 1. The van der Waals surface area contributed by atoms with Crippen molar-refractivity contribution in [3.8, 4) is 0 Å². The Morgan fingerprint density at radius 2 is 1.88 bits per heavy atom. The summed E-state index contributed by atoms with van der Waals surface area (Å²) < 4.78 is 16.8. The summed E-state index contributed by atoms with van der Waals surface area (Å²) in [7, 11) is -0.488. The second kappa shape index (κ2) is 9.77. The van der Waals surface area contributed by atoms with Crippen molar-refractivity contribution in [1.82, 2.24) is 5.09 Å². The van der Waals surface area contributed by atoms with E-state index in [1.54, 1.807) is 12.1 Å². The minimum Gasteiger partial charge on any atom is -0.478 e. The normalized spacial score (nSPS) is 12.3. The Morgan fingerprint density at radius 3 is 2.54 bits per heavy atom. The van der Waals surface area contributed by atoms with Gasteiger partial charge in [-0.1, -0.05) is 41.5 Å². The fourth-order valence-electron chi connectivity index (χ4n) is 2.33. The summed E-state index contributed by atoms with van der Waals surface area (Å²) in [6, 6.07) is 14.5. The van der Waals surface area contributed by atoms with Crippen molar-refractivity contribution in [2.45, 2.75) is 12.5 Å². The number of carbonyl (C=O) groups is 2. The van der Waals surface area contributed by atoms with Crippen LogP contribution >= 0.6 is 7.95 Å². The highest BCUT2D eigenvalue weighted by molar-refractivity contribution is 7.42. The van der Waals surface area contributed by atoms with Crippen LogP contribution in [0, 0.1) is 0 Å². The maximum Gasteiger partial charge on any atom is 0.461 e. The molecule has 26 heavy (non-hydrogen) atoms. The van der Waals surface area contributed by atoms with E-state index in [4.69, 9.17) is 9.84 Å². The third-order valence-electron chi connectivity index (χ3n) is 3.52. The van der Waals surface area contributed by atoms with Gasteiger partial charge in [-0.2, -0.15) is 0 Å². The number of rotatable bonds is 9. The first-order valence-electron chi connectivity index (χ1n) is 7.87. The first kappa shape index (κ1) is 19.7. The van der Waals surface area contributed by atoms with E-state index >= 15 is 0 Å². The highest BCUT2D eigenvalue weighted by Crippen LogP contribution is 2.18. The van der Waals surface area contributed by atoms with Crippen LogP contribution < -0.4 is 10.4 Å². The maximum atomic E-state index is 12.6. The Balaban J connectivity index is 2.14. The summed E-state index contributed by atoms with van der Waals surface area (Å²) in [4.78, 5) is 23.7. The topological polar surface area (TPSA) is 105 Å². The molecular weight excluding hydrogens is 355 g/mol. The standard InChI is InChI=1S/C18H19N2O5P/c1-25-12-26(24)20-16(10-13-6-3-2-4-7-13)17(21)19-15-9-5-8-14(11-15)18(22)23/h2-9,11,16H,10,12H2,1H3,(H2-,19,20,21,22,23,24)/p+1/t16-/m0/s1. The Hall–Kier alpha value is -2.60. The Kier molecular flexibility index (Phi) is 7.41. The SMILES string of the molecule is COC[P+](=O)N[C@@H](Cc1ccccc1)C(=O)Nc1cccc(C(=O)O)c1. The third kappa shape index (κ3) is 6.04. The minimum absolute atomic E-state index is 0.0115. The van der Waals surface area contributed by atoms with E-state index in [1.807, 2.05) is 30.3 Å². The number of ether oxygens (including phenoxy) is 1. The van der Waals surface area contributed by atoms with E-state index in [0.717, 1.165) is 5.56 Å². The Labute approximate surface area is 152 Å². The molecule has 0 aliphatic carbocycles. The molecule has 0 heterocycles. The molecule has 136 valence electrons. The lowest BCUT2D eigenvalue weighted by Gasteiger charge is -2.14. The highest BCUT2D eigenvalue weighted by atomic mass is 31.1. The van der Waals surface area contributed by atoms with E-state index in [1.165, 1.54) is 19.2 Å². The highest BCUT2D eigenvalue weighted by Gasteiger charge is 2.28. The van der Waals surface area contributed by atoms with Crippen LogP contribution in [0.1, 0.15) is 15.9 Å². The van der Waals surface area contributed by atoms with Crippen molar-refractivity contribution in [3.05, 3.63) is 65.7 Å². The van der Waals surface area contributed by atoms with E-state index in [2.05, 4.69) is 10.4 Å². The van der Waals surface area contributed by atoms with Gasteiger partial charge in [0.2, 0.25) is 5.91 Å². The fraction of sp³-hybridized carbons (Fsp3) is 0.222. The molecule has 0 aliphatic rings. The van der Waals surface area contributed by atoms with E-state index < -0.39 is 25.9 Å². The van der Waals surface area contributed by atoms with Crippen molar-refractivity contribution in [3.63, 3.8) is 0 Å². The lowest BCUT2D eigenvalue weighted by molar-refractivity contribution is -0.117. The van der Waals surface area contributed by atoms with Crippen molar-refractivity contribution < 1.29 is 24.0 Å². The molecule has 0 radical (unpaired) electrons. The van der Waals surface area contributed by atoms with Gasteiger partial charge in [0, 0.05) is 19.2 Å². The van der Waals surface area contributed by atoms with Crippen LogP contribution in [0.25, 0.3) is 0 Å². The summed E-state index contributed by atoms with van der Waals surface area (Å²) in [6.07, 6.45) is 0.318. The summed E-state index contributed by atoms with van der Waals surface area (Å²) in [6.45, 7) is 0. The van der Waals surface area contributed by atoms with Crippen LogP contribution in [0.5, 0.6) is 0 Å². The lowest BCUT2D eigenvalue weighted by atomic mass is 10.1. The molecule has 0 aromatic heterocycles. The number of nitrogens with one attached hydrogen (secondary N) is 2. The van der Waals surface area contributed by atoms with E-state index in [-0.39, 0.29) is 11.9 Å². The molecule has 0 fully saturated rings. The fourth-order valence-corrected chi connectivity index (χ4v) is 3.20. The summed E-state index contributed by atoms with van der Waals surface area (Å²) in [5, 5.41) is 14.5. The van der Waals surface area contributed by atoms with Gasteiger partial charge >= 0.3 is 13.9 Å². The van der Waals surface area contributed by atoms with Gasteiger partial charge in [-0.3, -0.25) is 4.79 Å². The number of hydrogen-bond acceptors (Lipinski definition) is 4. The zero-order valence-electron chi connectivity index (χ0n) is 14.2. The number of carbonyl (C=O) groups excluding carboxylic acids is 1. The van der Waals surface area contributed by atoms with Gasteiger partial charge in [0.05, 0.1) is 5.56 Å². The van der Waals surface area contributed by atoms with Gasteiger partial charge in [-0.05, 0) is 28.3 Å². The van der Waals surface area contributed by atoms with Gasteiger partial charge in [-0.15, -0.1) is 0 Å². The van der Waals surface area contributed by atoms with Gasteiger partial charge in [-0.25, -0.2) is 4.79 Å². The maximum absolute atomic E-state index is 12.6. The first-order valence-corrected chi connectivity index (χ1v) is 9.32. The zero-order valence-corrected chi connectivity index (χ0v) is 15.1. The molecule has 2 atom stereocenters. The van der Waals surface area contributed by atoms with Gasteiger partial charge in [0.15, 0.2) is 0 Å². The number of amides is 1. The molecule has 2 aromatic rings. The van der Waals surface area contributed by atoms with Crippen LogP contribution in [-0.2, 0) is 20.5 Å². The van der Waals surface area contributed by atoms with Gasteiger partial charge < -0.3 is 15.2 Å². The number of hydrogen-bond donors (Lipinski definition) is 3. The summed E-state index contributed by atoms with van der Waals surface area (Å²) >= 11 is 0. The van der Waals surface area contributed by atoms with Crippen LogP contribution in [0.3, 0.4) is 0 Å². The van der Waals surface area contributed by atoms with Crippen LogP contribution in [0.15, 0.2) is 54.6 Å². The summed E-state index contributed by atoms with van der Waals surface area (Å²) in [5.74, 6) is -1.49. The number of methoxy groups -OCH3 is 1. The average molecular weight is 375 g/mol. The monoisotopic (exact) mass is 375 g/mol. The molecular formula is C18H20N2O5P+. The zero-order chi connectivity index (χ0) is 18.9. The van der Waals surface area contributed by atoms with Gasteiger partial charge in [0.1, 0.15) is 6.04 Å². The molecule has 0 bridgehead atoms. The molecule has 0 spiro atoms. The quantitative estimate of drug-likeness (QED) is 0.582. The van der Waals surface area contributed by atoms with E-state index in [0.29, 0.717) is 12.1 Å². The average Bonchev–Trinajstić information content (AvgIpc) is 2.62. The van der Waals surface area contributed by atoms with Crippen molar-refractivity contribution in [1.29, 1.82) is 0 Å². The Bertz CT molecular complexity index is 782. The molecule has 2 rings (SSSR count). The third-order valence-corrected chi connectivity index (χ3v) is 4.61. The van der Waals surface area contributed by atoms with Crippen LogP contribution in [0.2, 0.25) is 0 Å². The van der Waals surface area contributed by atoms with Crippen molar-refractivity contribution in [2.24, 2.45) is 0 Å². The molecule has 0 saturated heterocycles. The number of anilines is 1. The molecule has 1 unspecified atom stereocenters. The minimum atomic E-state index is -1.92. The molecule has 3 N–H and O–H groups in total. The van der Waals surface area contributed by atoms with E-state index in [9.17, 15) is 14.2 Å². The number of benzene rings is 2. The molecule has 2 aromatic carbocycles. The molecule has 1 amide bonds. The van der Waals surface area contributed by atoms with Crippen molar-refractivity contribution >= 4 is 25.5 Å². The largest absolute Gasteiger partial charge is 0.478 e. The second-order valence-corrected chi connectivity index (χ2v) is 6.82. The second-order valence-electron chi connectivity index (χ2n) is 5.54. The van der Waals surface area contributed by atoms with Crippen LogP contribution in [-0.4, -0.2) is 36.5 Å². The first-order chi connectivity index (χ1) is 12.5. The Morgan fingerprint density at radius 1 is 1.15 bits per heavy atom. The molecule has 0 aliphatic heterocycles. The molecule has 0 saturated carbocycles. The smallest absolute Gasteiger partial charge is 0.461 e. The summed E-state index contributed by atoms with van der Waals surface area (Å²) in [5.41, 5.74) is 1.33. The predicted molar refractivity (Wildman–Crippen MR) is 98.6 cm³/mol. The predicted octanol–water partition coefficient (Wildman–Crippen LogP) is 2.87. The lowest BCUT2D eigenvalue weighted by Crippen LogP contribution is -2.39. The number of aromatic carboxylic acids is 1. The molecule has 8 heteroatoms. The van der Waals surface area contributed by atoms with Gasteiger partial charge in [0.25, 0.3) is 6.35 Å². The number of carboxylic acid groups (broad SMARTS) is 1. The van der Waals surface area contributed by atoms with Crippen LogP contribution in [0.4, 0.5) is 5.69 Å². The molecule has 7 nitrogen and oxygen atoms in total.